The lowest BCUT2D eigenvalue weighted by molar-refractivity contribution is 0.0257. The van der Waals surface area contributed by atoms with Crippen LogP contribution in [0.3, 0.4) is 0 Å². The lowest BCUT2D eigenvalue weighted by Gasteiger charge is -2.53. The summed E-state index contributed by atoms with van der Waals surface area (Å²) in [5, 5.41) is 0. The molecule has 0 saturated heterocycles. The fourth-order valence-electron chi connectivity index (χ4n) is 5.07. The van der Waals surface area contributed by atoms with Gasteiger partial charge in [0.25, 0.3) is 0 Å². The third-order valence-corrected chi connectivity index (χ3v) is 6.37. The molecule has 0 aromatic carbocycles. The minimum atomic E-state index is 0.589. The van der Waals surface area contributed by atoms with Gasteiger partial charge in [-0.3, -0.25) is 4.98 Å². The highest BCUT2D eigenvalue weighted by atomic mass is 14.6. The third-order valence-electron chi connectivity index (χ3n) is 6.37. The molecule has 0 spiro atoms. The van der Waals surface area contributed by atoms with Crippen molar-refractivity contribution in [3.8, 4) is 0 Å². The number of pyridine rings is 1. The number of hydrogen-bond acceptors (Lipinski definition) is 2. The first-order valence-electron chi connectivity index (χ1n) is 9.44. The van der Waals surface area contributed by atoms with Gasteiger partial charge in [0.05, 0.1) is 0 Å². The maximum absolute atomic E-state index is 5.58. The zero-order chi connectivity index (χ0) is 15.3. The van der Waals surface area contributed by atoms with Gasteiger partial charge in [0.1, 0.15) is 0 Å². The Hall–Kier alpha value is -0.890. The average Bonchev–Trinajstić information content (AvgIpc) is 2.60. The number of nitrogens with zero attached hydrogens (tertiary/aromatic N) is 1. The predicted molar refractivity (Wildman–Crippen MR) is 92.7 cm³/mol. The lowest BCUT2D eigenvalue weighted by atomic mass is 9.52. The molecule has 3 fully saturated rings. The van der Waals surface area contributed by atoms with Gasteiger partial charge in [-0.05, 0) is 80.4 Å². The highest BCUT2D eigenvalue weighted by molar-refractivity contribution is 5.21. The SMILES string of the molecule is NCCCCCCCC12CCC(CC1)CC2c1cccnc1. The number of rotatable bonds is 8. The molecule has 3 saturated carbocycles. The first-order valence-corrected chi connectivity index (χ1v) is 9.44. The number of aromatic nitrogens is 1. The van der Waals surface area contributed by atoms with E-state index in [1.807, 2.05) is 6.20 Å². The second-order valence-corrected chi connectivity index (χ2v) is 7.69. The summed E-state index contributed by atoms with van der Waals surface area (Å²) in [6.07, 6.45) is 19.4. The molecular weight excluding hydrogens is 268 g/mol. The summed E-state index contributed by atoms with van der Waals surface area (Å²) in [6.45, 7) is 0.856. The van der Waals surface area contributed by atoms with Gasteiger partial charge in [0, 0.05) is 12.4 Å². The highest BCUT2D eigenvalue weighted by Crippen LogP contribution is 2.60. The Morgan fingerprint density at radius 1 is 1.09 bits per heavy atom. The van der Waals surface area contributed by atoms with E-state index >= 15 is 0 Å². The number of unbranched alkanes of at least 4 members (excludes halogenated alkanes) is 4. The fraction of sp³-hybridized carbons (Fsp3) is 0.750. The predicted octanol–water partition coefficient (Wildman–Crippen LogP) is 5.04. The van der Waals surface area contributed by atoms with Crippen molar-refractivity contribution in [1.29, 1.82) is 0 Å². The fourth-order valence-corrected chi connectivity index (χ4v) is 5.07. The van der Waals surface area contributed by atoms with E-state index in [1.54, 1.807) is 0 Å². The van der Waals surface area contributed by atoms with E-state index in [0.29, 0.717) is 5.41 Å². The van der Waals surface area contributed by atoms with Crippen molar-refractivity contribution >= 4 is 0 Å². The summed E-state index contributed by atoms with van der Waals surface area (Å²) in [4.78, 5) is 4.39. The highest BCUT2D eigenvalue weighted by Gasteiger charge is 2.47. The molecule has 1 aromatic rings. The van der Waals surface area contributed by atoms with Crippen molar-refractivity contribution in [2.45, 2.75) is 76.5 Å². The van der Waals surface area contributed by atoms with Gasteiger partial charge >= 0.3 is 0 Å². The molecule has 22 heavy (non-hydrogen) atoms. The van der Waals surface area contributed by atoms with Crippen LogP contribution in [0.5, 0.6) is 0 Å². The second kappa shape index (κ2) is 7.59. The molecule has 1 aromatic heterocycles. The summed E-state index contributed by atoms with van der Waals surface area (Å²) in [5.41, 5.74) is 7.68. The molecule has 122 valence electrons. The van der Waals surface area contributed by atoms with Gasteiger partial charge in [-0.1, -0.05) is 31.7 Å². The molecule has 1 atom stereocenters. The minimum Gasteiger partial charge on any atom is -0.330 e. The van der Waals surface area contributed by atoms with Crippen LogP contribution in [0, 0.1) is 11.3 Å². The van der Waals surface area contributed by atoms with Crippen LogP contribution in [0.25, 0.3) is 0 Å². The first-order chi connectivity index (χ1) is 10.8. The summed E-state index contributed by atoms with van der Waals surface area (Å²) in [6, 6.07) is 4.44. The van der Waals surface area contributed by atoms with Crippen molar-refractivity contribution in [2.24, 2.45) is 17.1 Å². The van der Waals surface area contributed by atoms with Crippen molar-refractivity contribution in [3.63, 3.8) is 0 Å². The molecule has 3 aliphatic rings. The molecule has 1 unspecified atom stereocenters. The van der Waals surface area contributed by atoms with Crippen molar-refractivity contribution < 1.29 is 0 Å². The van der Waals surface area contributed by atoms with E-state index in [2.05, 4.69) is 23.3 Å². The van der Waals surface area contributed by atoms with Crippen LogP contribution in [0.4, 0.5) is 0 Å². The Balaban J connectivity index is 1.60. The molecule has 0 aliphatic heterocycles. The number of hydrogen-bond donors (Lipinski definition) is 1. The van der Waals surface area contributed by atoms with Gasteiger partial charge in [-0.25, -0.2) is 0 Å². The molecule has 0 radical (unpaired) electrons. The van der Waals surface area contributed by atoms with Crippen LogP contribution in [-0.2, 0) is 0 Å². The van der Waals surface area contributed by atoms with Crippen LogP contribution in [0.2, 0.25) is 0 Å². The minimum absolute atomic E-state index is 0.589. The maximum atomic E-state index is 5.58. The van der Waals surface area contributed by atoms with E-state index in [9.17, 15) is 0 Å². The largest absolute Gasteiger partial charge is 0.330 e. The zero-order valence-corrected chi connectivity index (χ0v) is 14.0. The molecule has 2 N–H and O–H groups in total. The zero-order valence-electron chi connectivity index (χ0n) is 14.0. The molecule has 2 bridgehead atoms. The van der Waals surface area contributed by atoms with Gasteiger partial charge in [0.2, 0.25) is 0 Å². The Morgan fingerprint density at radius 3 is 2.59 bits per heavy atom. The molecule has 4 rings (SSSR count). The molecule has 0 amide bonds. The average molecular weight is 300 g/mol. The van der Waals surface area contributed by atoms with E-state index in [4.69, 9.17) is 5.73 Å². The number of fused-ring (bicyclic) bond motifs is 3. The lowest BCUT2D eigenvalue weighted by Crippen LogP contribution is -2.40. The van der Waals surface area contributed by atoms with E-state index in [-0.39, 0.29) is 0 Å². The quantitative estimate of drug-likeness (QED) is 0.683. The normalized spacial score (nSPS) is 30.6. The summed E-state index contributed by atoms with van der Waals surface area (Å²) in [5.74, 6) is 1.76. The van der Waals surface area contributed by atoms with Crippen molar-refractivity contribution in [1.82, 2.24) is 4.98 Å². The standard InChI is InChI=1S/C20H32N2/c21-13-5-3-1-2-4-10-20-11-8-17(9-12-20)15-19(20)18-7-6-14-22-16-18/h6-7,14,16-17,19H,1-5,8-13,15,21H2. The molecule has 3 aliphatic carbocycles. The van der Waals surface area contributed by atoms with Crippen molar-refractivity contribution in [3.05, 3.63) is 30.1 Å². The third kappa shape index (κ3) is 3.53. The van der Waals surface area contributed by atoms with Crippen molar-refractivity contribution in [2.75, 3.05) is 6.54 Å². The molecule has 2 nitrogen and oxygen atoms in total. The molecular formula is C20H32N2. The van der Waals surface area contributed by atoms with Gasteiger partial charge in [0.15, 0.2) is 0 Å². The first kappa shape index (κ1) is 16.0. The summed E-state index contributed by atoms with van der Waals surface area (Å²) < 4.78 is 0. The van der Waals surface area contributed by atoms with E-state index in [0.717, 1.165) is 18.4 Å². The van der Waals surface area contributed by atoms with Gasteiger partial charge < -0.3 is 5.73 Å². The number of nitrogens with two attached hydrogens (primary N) is 1. The Kier molecular flexibility index (Phi) is 5.51. The van der Waals surface area contributed by atoms with E-state index < -0.39 is 0 Å². The monoisotopic (exact) mass is 300 g/mol. The Bertz CT molecular complexity index is 434. The molecule has 2 heteroatoms. The smallest absolute Gasteiger partial charge is 0.0302 e. The van der Waals surface area contributed by atoms with E-state index in [1.165, 1.54) is 76.2 Å². The van der Waals surface area contributed by atoms with Crippen LogP contribution < -0.4 is 5.73 Å². The maximum Gasteiger partial charge on any atom is 0.0302 e. The van der Waals surface area contributed by atoms with Gasteiger partial charge in [-0.2, -0.15) is 0 Å². The van der Waals surface area contributed by atoms with Crippen LogP contribution in [0.1, 0.15) is 82.1 Å². The van der Waals surface area contributed by atoms with Crippen LogP contribution in [0.15, 0.2) is 24.5 Å². The second-order valence-electron chi connectivity index (χ2n) is 7.69. The summed E-state index contributed by atoms with van der Waals surface area (Å²) >= 11 is 0. The van der Waals surface area contributed by atoms with Crippen LogP contribution >= 0.6 is 0 Å². The van der Waals surface area contributed by atoms with Gasteiger partial charge in [-0.15, -0.1) is 0 Å². The Labute approximate surface area is 135 Å². The molecule has 1 heterocycles. The Morgan fingerprint density at radius 2 is 1.86 bits per heavy atom. The summed E-state index contributed by atoms with van der Waals surface area (Å²) in [7, 11) is 0. The van der Waals surface area contributed by atoms with Crippen LogP contribution in [-0.4, -0.2) is 11.5 Å². The topological polar surface area (TPSA) is 38.9 Å².